The van der Waals surface area contributed by atoms with Gasteiger partial charge >= 0.3 is 6.61 Å². The summed E-state index contributed by atoms with van der Waals surface area (Å²) in [5.41, 5.74) is 0.628. The third kappa shape index (κ3) is 5.60. The van der Waals surface area contributed by atoms with Crippen molar-refractivity contribution in [3.63, 3.8) is 0 Å². The molecular weight excluding hydrogens is 304 g/mol. The Morgan fingerprint density at radius 3 is 2.89 bits per heavy atom. The fourth-order valence-electron chi connectivity index (χ4n) is 1.40. The first kappa shape index (κ1) is 15.1. The molecule has 18 heavy (non-hydrogen) atoms. The molecule has 0 saturated heterocycles. The highest BCUT2D eigenvalue weighted by molar-refractivity contribution is 9.10. The number of halogens is 3. The Kier molecular flexibility index (Phi) is 6.90. The second kappa shape index (κ2) is 8.21. The van der Waals surface area contributed by atoms with Crippen molar-refractivity contribution in [2.24, 2.45) is 0 Å². The van der Waals surface area contributed by atoms with Gasteiger partial charge in [0.15, 0.2) is 0 Å². The molecule has 0 radical (unpaired) electrons. The van der Waals surface area contributed by atoms with Crippen LogP contribution in [-0.4, -0.2) is 19.7 Å². The number of alkyl halides is 2. The molecule has 0 fully saturated rings. The van der Waals surface area contributed by atoms with Gasteiger partial charge < -0.3 is 10.1 Å². The molecule has 0 atom stereocenters. The summed E-state index contributed by atoms with van der Waals surface area (Å²) in [6.07, 6.45) is 4.71. The summed E-state index contributed by atoms with van der Waals surface area (Å²) in [6.45, 7) is 0.911. The SMILES string of the molecule is CCCNCC=Cc1cc(Br)ccc1OC(F)F. The van der Waals surface area contributed by atoms with E-state index in [-0.39, 0.29) is 5.75 Å². The van der Waals surface area contributed by atoms with Crippen LogP contribution in [0.25, 0.3) is 6.08 Å². The molecular formula is C13H16BrF2NO. The summed E-state index contributed by atoms with van der Waals surface area (Å²) in [7, 11) is 0. The van der Waals surface area contributed by atoms with Crippen molar-refractivity contribution in [1.82, 2.24) is 5.32 Å². The molecule has 5 heteroatoms. The fraction of sp³-hybridized carbons (Fsp3) is 0.385. The van der Waals surface area contributed by atoms with Crippen molar-refractivity contribution in [2.75, 3.05) is 13.1 Å². The Labute approximate surface area is 114 Å². The first-order chi connectivity index (χ1) is 8.63. The Balaban J connectivity index is 2.69. The van der Waals surface area contributed by atoms with E-state index in [0.29, 0.717) is 12.1 Å². The molecule has 0 bridgehead atoms. The number of nitrogens with one attached hydrogen (secondary N) is 1. The lowest BCUT2D eigenvalue weighted by Gasteiger charge is -2.08. The number of benzene rings is 1. The summed E-state index contributed by atoms with van der Waals surface area (Å²) >= 11 is 3.30. The van der Waals surface area contributed by atoms with Crippen molar-refractivity contribution in [3.05, 3.63) is 34.3 Å². The van der Waals surface area contributed by atoms with Gasteiger partial charge in [-0.3, -0.25) is 0 Å². The summed E-state index contributed by atoms with van der Waals surface area (Å²) in [4.78, 5) is 0. The van der Waals surface area contributed by atoms with Crippen molar-refractivity contribution in [1.29, 1.82) is 0 Å². The van der Waals surface area contributed by atoms with Gasteiger partial charge in [0.05, 0.1) is 0 Å². The monoisotopic (exact) mass is 319 g/mol. The van der Waals surface area contributed by atoms with E-state index in [0.717, 1.165) is 17.4 Å². The van der Waals surface area contributed by atoms with Crippen molar-refractivity contribution in [3.8, 4) is 5.75 Å². The quantitative estimate of drug-likeness (QED) is 0.765. The van der Waals surface area contributed by atoms with E-state index in [4.69, 9.17) is 0 Å². The second-order valence-corrected chi connectivity index (χ2v) is 4.58. The van der Waals surface area contributed by atoms with Gasteiger partial charge in [-0.2, -0.15) is 8.78 Å². The molecule has 100 valence electrons. The maximum Gasteiger partial charge on any atom is 0.387 e. The van der Waals surface area contributed by atoms with E-state index in [1.54, 1.807) is 18.2 Å². The average molecular weight is 320 g/mol. The smallest absolute Gasteiger partial charge is 0.387 e. The Hall–Kier alpha value is -0.940. The third-order valence-corrected chi connectivity index (χ3v) is 2.67. The van der Waals surface area contributed by atoms with Gasteiger partial charge in [-0.05, 0) is 31.2 Å². The lowest BCUT2D eigenvalue weighted by atomic mass is 10.2. The Morgan fingerprint density at radius 2 is 2.22 bits per heavy atom. The highest BCUT2D eigenvalue weighted by Crippen LogP contribution is 2.25. The average Bonchev–Trinajstić information content (AvgIpc) is 2.31. The summed E-state index contributed by atoms with van der Waals surface area (Å²) in [5, 5.41) is 3.19. The third-order valence-electron chi connectivity index (χ3n) is 2.17. The van der Waals surface area contributed by atoms with Gasteiger partial charge in [-0.25, -0.2) is 0 Å². The molecule has 1 N–H and O–H groups in total. The van der Waals surface area contributed by atoms with Crippen LogP contribution in [-0.2, 0) is 0 Å². The van der Waals surface area contributed by atoms with Crippen LogP contribution in [0.15, 0.2) is 28.7 Å². The van der Waals surface area contributed by atoms with Crippen LogP contribution in [0, 0.1) is 0 Å². The standard InChI is InChI=1S/C13H16BrF2NO/c1-2-7-17-8-3-4-10-9-11(14)5-6-12(10)18-13(15)16/h3-6,9,13,17H,2,7-8H2,1H3. The highest BCUT2D eigenvalue weighted by Gasteiger charge is 2.07. The van der Waals surface area contributed by atoms with Crippen LogP contribution >= 0.6 is 15.9 Å². The first-order valence-corrected chi connectivity index (χ1v) is 6.54. The predicted molar refractivity (Wildman–Crippen MR) is 73.0 cm³/mol. The molecule has 0 heterocycles. The molecule has 2 nitrogen and oxygen atoms in total. The molecule has 0 aliphatic rings. The van der Waals surface area contributed by atoms with Crippen molar-refractivity contribution >= 4 is 22.0 Å². The van der Waals surface area contributed by atoms with Crippen LogP contribution in [0.4, 0.5) is 8.78 Å². The minimum absolute atomic E-state index is 0.181. The molecule has 0 spiro atoms. The summed E-state index contributed by atoms with van der Waals surface area (Å²) < 4.78 is 29.7. The Bertz CT molecular complexity index is 397. The highest BCUT2D eigenvalue weighted by atomic mass is 79.9. The van der Waals surface area contributed by atoms with Gasteiger partial charge in [0.1, 0.15) is 5.75 Å². The minimum atomic E-state index is -2.81. The first-order valence-electron chi connectivity index (χ1n) is 5.75. The number of hydrogen-bond donors (Lipinski definition) is 1. The molecule has 1 aromatic carbocycles. The van der Waals surface area contributed by atoms with Crippen molar-refractivity contribution in [2.45, 2.75) is 20.0 Å². The zero-order valence-electron chi connectivity index (χ0n) is 10.1. The molecule has 0 amide bonds. The summed E-state index contributed by atoms with van der Waals surface area (Å²) in [6, 6.07) is 4.94. The molecule has 0 aliphatic heterocycles. The van der Waals surface area contributed by atoms with Crippen LogP contribution in [0.2, 0.25) is 0 Å². The number of ether oxygens (including phenoxy) is 1. The largest absolute Gasteiger partial charge is 0.434 e. The lowest BCUT2D eigenvalue weighted by molar-refractivity contribution is -0.0499. The van der Waals surface area contributed by atoms with Gasteiger partial charge in [-0.1, -0.05) is 35.0 Å². The number of hydrogen-bond acceptors (Lipinski definition) is 2. The zero-order valence-corrected chi connectivity index (χ0v) is 11.7. The normalized spacial score (nSPS) is 11.4. The van der Waals surface area contributed by atoms with E-state index in [9.17, 15) is 8.78 Å². The maximum absolute atomic E-state index is 12.2. The molecule has 0 aromatic heterocycles. The lowest BCUT2D eigenvalue weighted by Crippen LogP contribution is -2.13. The molecule has 0 saturated carbocycles. The van der Waals surface area contributed by atoms with Crippen LogP contribution in [0.5, 0.6) is 5.75 Å². The van der Waals surface area contributed by atoms with Gasteiger partial charge in [0.25, 0.3) is 0 Å². The topological polar surface area (TPSA) is 21.3 Å². The molecule has 1 rings (SSSR count). The van der Waals surface area contributed by atoms with Gasteiger partial charge in [0.2, 0.25) is 0 Å². The zero-order chi connectivity index (χ0) is 13.4. The second-order valence-electron chi connectivity index (χ2n) is 3.67. The predicted octanol–water partition coefficient (Wildman–Crippen LogP) is 4.06. The number of rotatable bonds is 7. The van der Waals surface area contributed by atoms with E-state index in [2.05, 4.69) is 32.9 Å². The fourth-order valence-corrected chi connectivity index (χ4v) is 1.78. The minimum Gasteiger partial charge on any atom is -0.434 e. The van der Waals surface area contributed by atoms with Gasteiger partial charge in [0, 0.05) is 16.6 Å². The van der Waals surface area contributed by atoms with E-state index in [1.807, 2.05) is 6.08 Å². The van der Waals surface area contributed by atoms with Gasteiger partial charge in [-0.15, -0.1) is 0 Å². The van der Waals surface area contributed by atoms with E-state index >= 15 is 0 Å². The van der Waals surface area contributed by atoms with Crippen molar-refractivity contribution < 1.29 is 13.5 Å². The molecule has 1 aromatic rings. The molecule has 0 aliphatic carbocycles. The summed E-state index contributed by atoms with van der Waals surface area (Å²) in [5.74, 6) is 0.181. The van der Waals surface area contributed by atoms with Crippen LogP contribution in [0.1, 0.15) is 18.9 Å². The van der Waals surface area contributed by atoms with E-state index in [1.165, 1.54) is 6.07 Å². The van der Waals surface area contributed by atoms with Crippen LogP contribution in [0.3, 0.4) is 0 Å². The maximum atomic E-state index is 12.2. The molecule has 0 unspecified atom stereocenters. The van der Waals surface area contributed by atoms with Crippen LogP contribution < -0.4 is 10.1 Å². The Morgan fingerprint density at radius 1 is 1.44 bits per heavy atom. The van der Waals surface area contributed by atoms with E-state index < -0.39 is 6.61 Å².